The first-order valence-corrected chi connectivity index (χ1v) is 13.7. The Balaban J connectivity index is 1.29. The fourth-order valence-electron chi connectivity index (χ4n) is 4.97. The third-order valence-electron chi connectivity index (χ3n) is 6.78. The van der Waals surface area contributed by atoms with Crippen LogP contribution in [0.1, 0.15) is 6.92 Å². The molecular formula is C31H26N4O3S. The van der Waals surface area contributed by atoms with Crippen LogP contribution < -0.4 is 15.6 Å². The van der Waals surface area contributed by atoms with Crippen LogP contribution in [0.2, 0.25) is 0 Å². The molecule has 194 valence electrons. The molecule has 2 heterocycles. The highest BCUT2D eigenvalue weighted by Gasteiger charge is 2.16. The van der Waals surface area contributed by atoms with Crippen LogP contribution in [0.15, 0.2) is 101 Å². The predicted molar refractivity (Wildman–Crippen MR) is 158 cm³/mol. The molecule has 0 aliphatic rings. The molecule has 39 heavy (non-hydrogen) atoms. The number of carbonyl (C=O) groups is 1. The minimum absolute atomic E-state index is 0.0929. The van der Waals surface area contributed by atoms with Crippen molar-refractivity contribution in [2.24, 2.45) is 0 Å². The molecule has 6 rings (SSSR count). The number of carbonyl (C=O) groups excluding carboxylic acids is 1. The lowest BCUT2D eigenvalue weighted by atomic mass is 10.1. The smallest absolute Gasteiger partial charge is 0.266 e. The number of rotatable bonds is 7. The van der Waals surface area contributed by atoms with Crippen LogP contribution in [0.25, 0.3) is 38.4 Å². The van der Waals surface area contributed by atoms with Gasteiger partial charge in [0.05, 0.1) is 29.5 Å². The summed E-state index contributed by atoms with van der Waals surface area (Å²) >= 11 is 1.23. The van der Waals surface area contributed by atoms with Gasteiger partial charge in [0.2, 0.25) is 5.91 Å². The molecule has 8 heteroatoms. The quantitative estimate of drug-likeness (QED) is 0.193. The van der Waals surface area contributed by atoms with Crippen LogP contribution in [0.5, 0.6) is 5.75 Å². The van der Waals surface area contributed by atoms with Gasteiger partial charge in [-0.25, -0.2) is 4.98 Å². The second-order valence-corrected chi connectivity index (χ2v) is 10.0. The molecule has 0 fully saturated rings. The number of methoxy groups -OCH3 is 1. The number of thioether (sulfide) groups is 1. The van der Waals surface area contributed by atoms with Gasteiger partial charge in [-0.3, -0.25) is 14.2 Å². The van der Waals surface area contributed by atoms with Crippen LogP contribution in [0, 0.1) is 0 Å². The topological polar surface area (TPSA) is 78.2 Å². The van der Waals surface area contributed by atoms with E-state index in [2.05, 4.69) is 28.9 Å². The average Bonchev–Trinajstić information content (AvgIpc) is 3.29. The van der Waals surface area contributed by atoms with E-state index in [0.29, 0.717) is 27.5 Å². The number of nitrogens with zero attached hydrogens (tertiary/aromatic N) is 3. The first-order chi connectivity index (χ1) is 19.1. The lowest BCUT2D eigenvalue weighted by Gasteiger charge is -2.14. The van der Waals surface area contributed by atoms with E-state index in [1.54, 1.807) is 35.9 Å². The van der Waals surface area contributed by atoms with Gasteiger partial charge in [0.15, 0.2) is 5.16 Å². The first-order valence-electron chi connectivity index (χ1n) is 12.7. The van der Waals surface area contributed by atoms with E-state index in [-0.39, 0.29) is 17.2 Å². The van der Waals surface area contributed by atoms with Crippen molar-refractivity contribution in [2.45, 2.75) is 18.6 Å². The molecule has 6 aromatic rings. The summed E-state index contributed by atoms with van der Waals surface area (Å²) in [4.78, 5) is 31.3. The van der Waals surface area contributed by atoms with Gasteiger partial charge in [-0.05, 0) is 67.6 Å². The van der Waals surface area contributed by atoms with Crippen molar-refractivity contribution >= 4 is 56.1 Å². The van der Waals surface area contributed by atoms with Crippen molar-refractivity contribution in [1.82, 2.24) is 14.1 Å². The molecule has 0 aliphatic carbocycles. The zero-order chi connectivity index (χ0) is 26.9. The zero-order valence-electron chi connectivity index (χ0n) is 21.5. The number of benzene rings is 4. The van der Waals surface area contributed by atoms with E-state index in [1.807, 2.05) is 54.6 Å². The summed E-state index contributed by atoms with van der Waals surface area (Å²) in [6, 6.07) is 28.7. The highest BCUT2D eigenvalue weighted by Crippen LogP contribution is 2.31. The summed E-state index contributed by atoms with van der Waals surface area (Å²) in [6.45, 7) is 2.99. The maximum absolute atomic E-state index is 13.5. The normalized spacial score (nSPS) is 11.3. The van der Waals surface area contributed by atoms with Gasteiger partial charge < -0.3 is 14.6 Å². The molecular weight excluding hydrogens is 508 g/mol. The summed E-state index contributed by atoms with van der Waals surface area (Å²) in [5.41, 5.74) is 4.09. The SMILES string of the molecule is CCn1c2ccccc2c2cc(NC(=O)CSc3nc4ccccc4c(=O)n3-c3ccc(OC)cc3)ccc21. The van der Waals surface area contributed by atoms with E-state index in [1.165, 1.54) is 17.3 Å². The number of hydrogen-bond donors (Lipinski definition) is 1. The molecule has 1 amide bonds. The number of ether oxygens (including phenoxy) is 1. The van der Waals surface area contributed by atoms with Gasteiger partial charge in [0.25, 0.3) is 5.56 Å². The molecule has 4 aromatic carbocycles. The first kappa shape index (κ1) is 24.8. The van der Waals surface area contributed by atoms with Crippen LogP contribution in [0.4, 0.5) is 5.69 Å². The van der Waals surface area contributed by atoms with Crippen LogP contribution in [-0.4, -0.2) is 32.9 Å². The number of amides is 1. The van der Waals surface area contributed by atoms with Crippen molar-refractivity contribution < 1.29 is 9.53 Å². The fourth-order valence-corrected chi connectivity index (χ4v) is 5.78. The minimum atomic E-state index is -0.188. The maximum atomic E-state index is 13.5. The van der Waals surface area contributed by atoms with E-state index < -0.39 is 0 Å². The summed E-state index contributed by atoms with van der Waals surface area (Å²) < 4.78 is 9.09. The molecule has 1 N–H and O–H groups in total. The monoisotopic (exact) mass is 534 g/mol. The van der Waals surface area contributed by atoms with Crippen molar-refractivity contribution in [3.63, 3.8) is 0 Å². The highest BCUT2D eigenvalue weighted by atomic mass is 32.2. The Hall–Kier alpha value is -4.56. The fraction of sp³-hybridized carbons (Fsp3) is 0.129. The van der Waals surface area contributed by atoms with E-state index >= 15 is 0 Å². The number of para-hydroxylation sites is 2. The minimum Gasteiger partial charge on any atom is -0.497 e. The third-order valence-corrected chi connectivity index (χ3v) is 7.72. The number of anilines is 1. The van der Waals surface area contributed by atoms with Crippen LogP contribution in [-0.2, 0) is 11.3 Å². The van der Waals surface area contributed by atoms with Gasteiger partial charge >= 0.3 is 0 Å². The second-order valence-electron chi connectivity index (χ2n) is 9.08. The molecule has 0 aliphatic heterocycles. The van der Waals surface area contributed by atoms with Crippen molar-refractivity contribution in [1.29, 1.82) is 0 Å². The van der Waals surface area contributed by atoms with Gasteiger partial charge in [-0.15, -0.1) is 0 Å². The lowest BCUT2D eigenvalue weighted by molar-refractivity contribution is -0.113. The molecule has 0 unspecified atom stereocenters. The van der Waals surface area contributed by atoms with Gasteiger partial charge in [0, 0.05) is 34.0 Å². The molecule has 2 aromatic heterocycles. The Morgan fingerprint density at radius 2 is 1.62 bits per heavy atom. The Morgan fingerprint density at radius 1 is 0.897 bits per heavy atom. The predicted octanol–water partition coefficient (Wildman–Crippen LogP) is 6.25. The molecule has 7 nitrogen and oxygen atoms in total. The molecule has 0 saturated carbocycles. The summed E-state index contributed by atoms with van der Waals surface area (Å²) in [5, 5.41) is 6.24. The summed E-state index contributed by atoms with van der Waals surface area (Å²) in [5.74, 6) is 0.603. The largest absolute Gasteiger partial charge is 0.497 e. The zero-order valence-corrected chi connectivity index (χ0v) is 22.4. The van der Waals surface area contributed by atoms with E-state index in [0.717, 1.165) is 28.5 Å². The Kier molecular flexibility index (Phi) is 6.54. The van der Waals surface area contributed by atoms with E-state index in [4.69, 9.17) is 9.72 Å². The number of fused-ring (bicyclic) bond motifs is 4. The number of hydrogen-bond acceptors (Lipinski definition) is 5. The Bertz CT molecular complexity index is 1910. The average molecular weight is 535 g/mol. The third kappa shape index (κ3) is 4.53. The van der Waals surface area contributed by atoms with Gasteiger partial charge in [-0.2, -0.15) is 0 Å². The Labute approximate surface area is 229 Å². The van der Waals surface area contributed by atoms with Crippen molar-refractivity contribution in [2.75, 3.05) is 18.2 Å². The molecule has 0 atom stereocenters. The Morgan fingerprint density at radius 3 is 2.38 bits per heavy atom. The molecule has 0 bridgehead atoms. The summed E-state index contributed by atoms with van der Waals surface area (Å²) in [7, 11) is 1.60. The maximum Gasteiger partial charge on any atom is 0.266 e. The van der Waals surface area contributed by atoms with Crippen molar-refractivity contribution in [3.05, 3.63) is 101 Å². The highest BCUT2D eigenvalue weighted by molar-refractivity contribution is 7.99. The number of nitrogens with one attached hydrogen (secondary N) is 1. The van der Waals surface area contributed by atoms with Gasteiger partial charge in [-0.1, -0.05) is 42.1 Å². The molecule has 0 radical (unpaired) electrons. The standard InChI is InChI=1S/C31H26N4O3S/c1-3-34-27-11-7-5-8-23(27)25-18-20(12-17-28(25)34)32-29(36)19-39-31-33-26-10-6-4-9-24(26)30(37)35(31)21-13-15-22(38-2)16-14-21/h4-18H,3,19H2,1-2H3,(H,32,36). The second kappa shape index (κ2) is 10.3. The summed E-state index contributed by atoms with van der Waals surface area (Å²) in [6.07, 6.45) is 0. The van der Waals surface area contributed by atoms with Crippen LogP contribution >= 0.6 is 11.8 Å². The number of aryl methyl sites for hydroxylation is 1. The van der Waals surface area contributed by atoms with Crippen LogP contribution in [0.3, 0.4) is 0 Å². The van der Waals surface area contributed by atoms with Crippen molar-refractivity contribution in [3.8, 4) is 11.4 Å². The molecule has 0 saturated heterocycles. The molecule has 0 spiro atoms. The lowest BCUT2D eigenvalue weighted by Crippen LogP contribution is -2.23. The number of aromatic nitrogens is 3. The van der Waals surface area contributed by atoms with E-state index in [9.17, 15) is 9.59 Å². The van der Waals surface area contributed by atoms with Gasteiger partial charge in [0.1, 0.15) is 5.75 Å².